The standard InChI is InChI=1S/C18H35NO2/c1-6-7-8-9-10-11-12-13-14-17(20)21-16-15-18(2,3)19(4)5/h6-7H,8-16H2,1-5H3/b7-6+. The molecule has 21 heavy (non-hydrogen) atoms. The third kappa shape index (κ3) is 11.5. The first-order valence-electron chi connectivity index (χ1n) is 8.34. The summed E-state index contributed by atoms with van der Waals surface area (Å²) in [4.78, 5) is 13.8. The molecule has 0 radical (unpaired) electrons. The lowest BCUT2D eigenvalue weighted by atomic mass is 10.0. The van der Waals surface area contributed by atoms with Gasteiger partial charge in [0.1, 0.15) is 0 Å². The number of ether oxygens (including phenoxy) is 1. The van der Waals surface area contributed by atoms with Gasteiger partial charge in [-0.05, 0) is 60.5 Å². The maximum Gasteiger partial charge on any atom is 0.305 e. The lowest BCUT2D eigenvalue weighted by Crippen LogP contribution is -2.39. The second-order valence-corrected chi connectivity index (χ2v) is 6.55. The van der Waals surface area contributed by atoms with Crippen molar-refractivity contribution in [2.75, 3.05) is 20.7 Å². The van der Waals surface area contributed by atoms with Crippen molar-refractivity contribution in [1.82, 2.24) is 4.90 Å². The normalized spacial score (nSPS) is 12.3. The summed E-state index contributed by atoms with van der Waals surface area (Å²) in [6, 6.07) is 0. The van der Waals surface area contributed by atoms with E-state index in [-0.39, 0.29) is 11.5 Å². The number of unbranched alkanes of at least 4 members (excludes halogenated alkanes) is 5. The largest absolute Gasteiger partial charge is 0.466 e. The van der Waals surface area contributed by atoms with Gasteiger partial charge in [0.2, 0.25) is 0 Å². The molecule has 0 aliphatic carbocycles. The lowest BCUT2D eigenvalue weighted by molar-refractivity contribution is -0.144. The Labute approximate surface area is 131 Å². The van der Waals surface area contributed by atoms with Gasteiger partial charge in [-0.25, -0.2) is 0 Å². The first kappa shape index (κ1) is 20.2. The topological polar surface area (TPSA) is 29.5 Å². The molecule has 3 nitrogen and oxygen atoms in total. The summed E-state index contributed by atoms with van der Waals surface area (Å²) >= 11 is 0. The van der Waals surface area contributed by atoms with Crippen LogP contribution in [0.25, 0.3) is 0 Å². The number of nitrogens with zero attached hydrogens (tertiary/aromatic N) is 1. The molecule has 0 aromatic heterocycles. The summed E-state index contributed by atoms with van der Waals surface area (Å²) in [7, 11) is 4.11. The van der Waals surface area contributed by atoms with Crippen LogP contribution >= 0.6 is 0 Å². The van der Waals surface area contributed by atoms with E-state index in [1.165, 1.54) is 25.7 Å². The second-order valence-electron chi connectivity index (χ2n) is 6.55. The van der Waals surface area contributed by atoms with Crippen molar-refractivity contribution >= 4 is 5.97 Å². The third-order valence-electron chi connectivity index (χ3n) is 4.17. The fourth-order valence-electron chi connectivity index (χ4n) is 1.94. The molecule has 0 aliphatic heterocycles. The zero-order valence-electron chi connectivity index (χ0n) is 14.8. The van der Waals surface area contributed by atoms with Gasteiger partial charge < -0.3 is 9.64 Å². The van der Waals surface area contributed by atoms with Crippen LogP contribution in [-0.2, 0) is 9.53 Å². The summed E-state index contributed by atoms with van der Waals surface area (Å²) in [5.74, 6) is -0.0431. The minimum absolute atomic E-state index is 0.0431. The zero-order valence-corrected chi connectivity index (χ0v) is 14.8. The van der Waals surface area contributed by atoms with Gasteiger partial charge in [-0.2, -0.15) is 0 Å². The zero-order chi connectivity index (χ0) is 16.1. The van der Waals surface area contributed by atoms with E-state index >= 15 is 0 Å². The van der Waals surface area contributed by atoms with E-state index in [1.54, 1.807) is 0 Å². The van der Waals surface area contributed by atoms with Crippen molar-refractivity contribution in [3.8, 4) is 0 Å². The maximum absolute atomic E-state index is 11.6. The van der Waals surface area contributed by atoms with Crippen molar-refractivity contribution in [1.29, 1.82) is 0 Å². The first-order chi connectivity index (χ1) is 9.90. The van der Waals surface area contributed by atoms with E-state index in [0.29, 0.717) is 13.0 Å². The molecule has 0 rings (SSSR count). The van der Waals surface area contributed by atoms with Gasteiger partial charge >= 0.3 is 5.97 Å². The quantitative estimate of drug-likeness (QED) is 0.300. The number of hydrogen-bond donors (Lipinski definition) is 0. The Bertz CT molecular complexity index is 296. The molecule has 0 N–H and O–H groups in total. The Morgan fingerprint density at radius 2 is 1.71 bits per heavy atom. The average molecular weight is 297 g/mol. The minimum atomic E-state index is -0.0431. The van der Waals surface area contributed by atoms with E-state index in [1.807, 2.05) is 0 Å². The Kier molecular flexibility index (Phi) is 11.3. The van der Waals surface area contributed by atoms with E-state index in [4.69, 9.17) is 4.74 Å². The maximum atomic E-state index is 11.6. The van der Waals surface area contributed by atoms with Gasteiger partial charge in [0.05, 0.1) is 6.61 Å². The molecule has 0 fully saturated rings. The van der Waals surface area contributed by atoms with Gasteiger partial charge in [-0.3, -0.25) is 4.79 Å². The van der Waals surface area contributed by atoms with Crippen LogP contribution in [0.1, 0.15) is 72.1 Å². The van der Waals surface area contributed by atoms with E-state index in [9.17, 15) is 4.79 Å². The number of hydrogen-bond acceptors (Lipinski definition) is 3. The fourth-order valence-corrected chi connectivity index (χ4v) is 1.94. The van der Waals surface area contributed by atoms with Gasteiger partial charge in [0, 0.05) is 12.0 Å². The Hall–Kier alpha value is -0.830. The van der Waals surface area contributed by atoms with Crippen molar-refractivity contribution in [2.24, 2.45) is 0 Å². The molecule has 0 aromatic rings. The number of carbonyl (C=O) groups is 1. The molecular weight excluding hydrogens is 262 g/mol. The van der Waals surface area contributed by atoms with Crippen LogP contribution in [0.4, 0.5) is 0 Å². The highest BCUT2D eigenvalue weighted by atomic mass is 16.5. The van der Waals surface area contributed by atoms with Gasteiger partial charge in [-0.15, -0.1) is 0 Å². The highest BCUT2D eigenvalue weighted by Gasteiger charge is 2.20. The molecule has 0 heterocycles. The predicted molar refractivity (Wildman–Crippen MR) is 90.5 cm³/mol. The van der Waals surface area contributed by atoms with Crippen LogP contribution in [0.3, 0.4) is 0 Å². The van der Waals surface area contributed by atoms with E-state index < -0.39 is 0 Å². The molecule has 0 atom stereocenters. The van der Waals surface area contributed by atoms with Crippen molar-refractivity contribution in [2.45, 2.75) is 77.7 Å². The summed E-state index contributed by atoms with van der Waals surface area (Å²) in [6.45, 7) is 6.90. The third-order valence-corrected chi connectivity index (χ3v) is 4.17. The SMILES string of the molecule is C/C=C/CCCCCCCC(=O)OCCC(C)(C)N(C)C. The second kappa shape index (κ2) is 11.8. The van der Waals surface area contributed by atoms with Crippen molar-refractivity contribution < 1.29 is 9.53 Å². The van der Waals surface area contributed by atoms with E-state index in [0.717, 1.165) is 19.3 Å². The molecular formula is C18H35NO2. The predicted octanol–water partition coefficient (Wildman–Crippen LogP) is 4.57. The fraction of sp³-hybridized carbons (Fsp3) is 0.833. The summed E-state index contributed by atoms with van der Waals surface area (Å²) in [5, 5.41) is 0. The Balaban J connectivity index is 3.47. The molecule has 0 aromatic carbocycles. The Morgan fingerprint density at radius 1 is 1.10 bits per heavy atom. The molecule has 0 saturated heterocycles. The highest BCUT2D eigenvalue weighted by Crippen LogP contribution is 2.15. The van der Waals surface area contributed by atoms with Crippen molar-refractivity contribution in [3.63, 3.8) is 0 Å². The number of carbonyl (C=O) groups excluding carboxylic acids is 1. The molecule has 0 spiro atoms. The van der Waals surface area contributed by atoms with Gasteiger partial charge in [0.25, 0.3) is 0 Å². The number of esters is 1. The monoisotopic (exact) mass is 297 g/mol. The molecule has 0 aliphatic rings. The van der Waals surface area contributed by atoms with Gasteiger partial charge in [0.15, 0.2) is 0 Å². The molecule has 0 amide bonds. The van der Waals surface area contributed by atoms with Crippen LogP contribution < -0.4 is 0 Å². The molecule has 0 unspecified atom stereocenters. The summed E-state index contributed by atoms with van der Waals surface area (Å²) in [5.41, 5.74) is 0.0766. The van der Waals surface area contributed by atoms with Crippen LogP contribution in [0, 0.1) is 0 Å². The van der Waals surface area contributed by atoms with Crippen LogP contribution in [0.5, 0.6) is 0 Å². The van der Waals surface area contributed by atoms with Crippen LogP contribution in [0.15, 0.2) is 12.2 Å². The van der Waals surface area contributed by atoms with Crippen LogP contribution in [-0.4, -0.2) is 37.1 Å². The molecule has 0 bridgehead atoms. The lowest BCUT2D eigenvalue weighted by Gasteiger charge is -2.32. The number of allylic oxidation sites excluding steroid dienone is 2. The first-order valence-corrected chi connectivity index (χ1v) is 8.34. The number of rotatable bonds is 12. The van der Waals surface area contributed by atoms with Crippen molar-refractivity contribution in [3.05, 3.63) is 12.2 Å². The van der Waals surface area contributed by atoms with Crippen LogP contribution in [0.2, 0.25) is 0 Å². The summed E-state index contributed by atoms with van der Waals surface area (Å²) in [6.07, 6.45) is 12.8. The molecule has 0 saturated carbocycles. The molecule has 124 valence electrons. The van der Waals surface area contributed by atoms with Gasteiger partial charge in [-0.1, -0.05) is 31.4 Å². The molecule has 3 heteroatoms. The average Bonchev–Trinajstić information content (AvgIpc) is 2.41. The Morgan fingerprint density at radius 3 is 2.33 bits per heavy atom. The highest BCUT2D eigenvalue weighted by molar-refractivity contribution is 5.69. The smallest absolute Gasteiger partial charge is 0.305 e. The van der Waals surface area contributed by atoms with E-state index in [2.05, 4.69) is 51.9 Å². The summed E-state index contributed by atoms with van der Waals surface area (Å²) < 4.78 is 5.31. The minimum Gasteiger partial charge on any atom is -0.466 e.